The lowest BCUT2D eigenvalue weighted by Crippen LogP contribution is -2.43. The third-order valence-corrected chi connectivity index (χ3v) is 21.3. The van der Waals surface area contributed by atoms with Crippen LogP contribution >= 0.6 is 0 Å². The number of hydrogen-bond acceptors (Lipinski definition) is 10. The molecule has 1 aliphatic rings. The molecule has 1 fully saturated rings. The summed E-state index contributed by atoms with van der Waals surface area (Å²) in [4.78, 5) is -0.535. The van der Waals surface area contributed by atoms with E-state index in [2.05, 4.69) is 32.9 Å². The summed E-state index contributed by atoms with van der Waals surface area (Å²) in [6, 6.07) is 30.4. The minimum absolute atomic E-state index is 0.0984. The molecule has 0 unspecified atom stereocenters. The third kappa shape index (κ3) is 14.4. The van der Waals surface area contributed by atoms with Crippen molar-refractivity contribution in [2.45, 2.75) is 59.1 Å². The largest absolute Gasteiger partial charge is 0.243 e. The average Bonchev–Trinajstić information content (AvgIpc) is 3.33. The Bertz CT molecular complexity index is 2950. The fraction of sp³-hybridized carbons (Fsp3) is 0.273. The maximum Gasteiger partial charge on any atom is 0.243 e. The lowest BCUT2D eigenvalue weighted by molar-refractivity contribution is 0.394. The molecule has 15 nitrogen and oxygen atoms in total. The predicted molar refractivity (Wildman–Crippen MR) is 295 cm³/mol. The van der Waals surface area contributed by atoms with E-state index in [4.69, 9.17) is 0 Å². The minimum atomic E-state index is -4.45. The first kappa shape index (κ1) is 58.6. The second kappa shape index (κ2) is 23.7. The zero-order valence-corrected chi connectivity index (χ0v) is 47.1. The van der Waals surface area contributed by atoms with E-state index < -0.39 is 116 Å². The van der Waals surface area contributed by atoms with Gasteiger partial charge < -0.3 is 0 Å². The van der Waals surface area contributed by atoms with E-state index in [9.17, 15) is 42.1 Å². The normalized spacial score (nSPS) is 17.5. The van der Waals surface area contributed by atoms with Gasteiger partial charge in [0, 0.05) is 65.4 Å². The van der Waals surface area contributed by atoms with Gasteiger partial charge in [-0.25, -0.2) is 42.1 Å². The summed E-state index contributed by atoms with van der Waals surface area (Å²) in [6.07, 6.45) is 0. The van der Waals surface area contributed by atoms with E-state index in [-0.39, 0.29) is 52.3 Å². The van der Waals surface area contributed by atoms with Crippen molar-refractivity contribution in [2.24, 2.45) is 0 Å². The average molecular weight is 1120 g/mol. The SMILES string of the molecule is C=C1CN(S(=O)(=O)c2ccc(C)cc2)CC(=C)CN(S(=O)(=O)c2ccc(C)cc2)CC(=C)CN(S(=O)(=O)c2ccc(C)cc2)CC(=C)CN(S(=O)(=O)c2ccc(C)cc2)CC(=C)CN(S(=O)(=O)c2ccc(C)cc2)C1. The zero-order valence-electron chi connectivity index (χ0n) is 43.0. The van der Waals surface area contributed by atoms with Gasteiger partial charge in [-0.2, -0.15) is 21.5 Å². The van der Waals surface area contributed by atoms with E-state index in [1.807, 2.05) is 0 Å². The first-order chi connectivity index (χ1) is 35.0. The van der Waals surface area contributed by atoms with Crippen LogP contribution in [0.1, 0.15) is 27.8 Å². The molecule has 0 spiro atoms. The molecule has 0 N–H and O–H groups in total. The Morgan fingerprint density at radius 2 is 0.347 bits per heavy atom. The minimum Gasteiger partial charge on any atom is -0.207 e. The van der Waals surface area contributed by atoms with Crippen molar-refractivity contribution in [3.63, 3.8) is 0 Å². The maximum atomic E-state index is 14.7. The van der Waals surface area contributed by atoms with Crippen LogP contribution in [-0.2, 0) is 50.1 Å². The molecular weight excluding hydrogens is 1050 g/mol. The van der Waals surface area contributed by atoms with Crippen LogP contribution in [0.3, 0.4) is 0 Å². The second-order valence-electron chi connectivity index (χ2n) is 19.2. The van der Waals surface area contributed by atoms with Crippen LogP contribution in [0.15, 0.2) is 207 Å². The van der Waals surface area contributed by atoms with E-state index in [1.54, 1.807) is 95.3 Å². The van der Waals surface area contributed by atoms with Crippen LogP contribution < -0.4 is 0 Å². The highest BCUT2D eigenvalue weighted by atomic mass is 32.2. The number of hydrogen-bond donors (Lipinski definition) is 0. The fourth-order valence-electron chi connectivity index (χ4n) is 8.17. The van der Waals surface area contributed by atoms with Crippen LogP contribution in [0.4, 0.5) is 0 Å². The van der Waals surface area contributed by atoms with Crippen molar-refractivity contribution in [1.82, 2.24) is 21.5 Å². The summed E-state index contributed by atoms with van der Waals surface area (Å²) in [6.45, 7) is 25.1. The van der Waals surface area contributed by atoms with Crippen LogP contribution in [0.5, 0.6) is 0 Å². The smallest absolute Gasteiger partial charge is 0.207 e. The molecule has 0 radical (unpaired) electrons. The van der Waals surface area contributed by atoms with Crippen molar-refractivity contribution < 1.29 is 42.1 Å². The Kier molecular flexibility index (Phi) is 18.5. The Balaban J connectivity index is 1.53. The molecule has 1 heterocycles. The number of benzene rings is 5. The van der Waals surface area contributed by atoms with Crippen molar-refractivity contribution in [3.8, 4) is 0 Å². The Morgan fingerprint density at radius 1 is 0.240 bits per heavy atom. The highest BCUT2D eigenvalue weighted by molar-refractivity contribution is 7.90. The van der Waals surface area contributed by atoms with Crippen LogP contribution in [0, 0.1) is 34.6 Å². The van der Waals surface area contributed by atoms with Crippen molar-refractivity contribution >= 4 is 50.1 Å². The first-order valence-electron chi connectivity index (χ1n) is 23.7. The van der Waals surface area contributed by atoms with E-state index in [1.165, 1.54) is 60.7 Å². The molecule has 0 bridgehead atoms. The molecule has 1 aliphatic heterocycles. The van der Waals surface area contributed by atoms with Gasteiger partial charge in [-0.3, -0.25) is 0 Å². The summed E-state index contributed by atoms with van der Waals surface area (Å²) >= 11 is 0. The quantitative estimate of drug-likeness (QED) is 0.125. The van der Waals surface area contributed by atoms with Gasteiger partial charge in [0.1, 0.15) is 0 Å². The lowest BCUT2D eigenvalue weighted by Gasteiger charge is -2.32. The van der Waals surface area contributed by atoms with Gasteiger partial charge in [0.15, 0.2) is 0 Å². The van der Waals surface area contributed by atoms with Gasteiger partial charge in [0.05, 0.1) is 24.5 Å². The van der Waals surface area contributed by atoms with Gasteiger partial charge in [0.25, 0.3) is 0 Å². The lowest BCUT2D eigenvalue weighted by atomic mass is 10.2. The predicted octanol–water partition coefficient (Wildman–Crippen LogP) is 7.78. The number of aryl methyl sites for hydroxylation is 5. The highest BCUT2D eigenvalue weighted by Gasteiger charge is 2.35. The Labute approximate surface area is 445 Å². The van der Waals surface area contributed by atoms with Gasteiger partial charge >= 0.3 is 0 Å². The number of sulfonamides is 5. The molecule has 5 aromatic carbocycles. The molecule has 6 rings (SSSR count). The van der Waals surface area contributed by atoms with Gasteiger partial charge in [0.2, 0.25) is 50.1 Å². The molecule has 0 aliphatic carbocycles. The van der Waals surface area contributed by atoms with Gasteiger partial charge in [-0.15, -0.1) is 0 Å². The molecular formula is C55H65N5O10S5. The van der Waals surface area contributed by atoms with Gasteiger partial charge in [-0.1, -0.05) is 121 Å². The molecule has 0 aromatic heterocycles. The summed E-state index contributed by atoms with van der Waals surface area (Å²) < 4.78 is 152. The first-order valence-corrected chi connectivity index (χ1v) is 30.9. The Hall–Kier alpha value is -5.65. The molecule has 400 valence electrons. The molecule has 5 aromatic rings. The molecule has 0 atom stereocenters. The van der Waals surface area contributed by atoms with Crippen LogP contribution in [-0.4, -0.2) is 129 Å². The maximum absolute atomic E-state index is 14.7. The van der Waals surface area contributed by atoms with Gasteiger partial charge in [-0.05, 0) is 123 Å². The van der Waals surface area contributed by atoms with E-state index in [0.717, 1.165) is 49.3 Å². The molecule has 1 saturated heterocycles. The molecule has 20 heteroatoms. The van der Waals surface area contributed by atoms with Crippen LogP contribution in [0.25, 0.3) is 0 Å². The summed E-state index contributed by atoms with van der Waals surface area (Å²) in [5, 5.41) is 0. The second-order valence-corrected chi connectivity index (χ2v) is 28.9. The zero-order chi connectivity index (χ0) is 55.3. The molecule has 75 heavy (non-hydrogen) atoms. The summed E-state index contributed by atoms with van der Waals surface area (Å²) in [7, 11) is -22.2. The van der Waals surface area contributed by atoms with Crippen LogP contribution in [0.2, 0.25) is 0 Å². The van der Waals surface area contributed by atoms with Crippen molar-refractivity contribution in [1.29, 1.82) is 0 Å². The van der Waals surface area contributed by atoms with Crippen molar-refractivity contribution in [3.05, 3.63) is 210 Å². The molecule has 0 amide bonds. The third-order valence-electron chi connectivity index (χ3n) is 12.3. The highest BCUT2D eigenvalue weighted by Crippen LogP contribution is 2.28. The topological polar surface area (TPSA) is 187 Å². The molecule has 0 saturated carbocycles. The Morgan fingerprint density at radius 3 is 0.453 bits per heavy atom. The summed E-state index contributed by atoms with van der Waals surface area (Å²) in [5.74, 6) is 0. The van der Waals surface area contributed by atoms with Crippen molar-refractivity contribution in [2.75, 3.05) is 65.4 Å². The summed E-state index contributed by atoms with van der Waals surface area (Å²) in [5.41, 5.74) is 4.40. The van der Waals surface area contributed by atoms with E-state index >= 15 is 0 Å². The fourth-order valence-corrected chi connectivity index (χ4v) is 15.6. The standard InChI is InChI=1S/C55H65N5O10S5/c1-41-11-21-51(22-12-41)71(61,62)56-31-46(6)33-57(72(63,64)52-23-13-42(2)14-24-52)35-48(8)37-59(74(67,68)54-27-17-44(4)18-28-54)39-50(10)40-60(75(69,70)55-29-19-45(5)20-30-55)38-49(9)36-58(34-47(7)32-56)73(65,66)53-25-15-43(3)16-26-53/h11-30H,6-10,31-40H2,1-5H3. The number of nitrogens with zero attached hydrogens (tertiary/aromatic N) is 5. The monoisotopic (exact) mass is 1120 g/mol. The number of rotatable bonds is 10. The van der Waals surface area contributed by atoms with E-state index in [0.29, 0.717) is 0 Å².